The first kappa shape index (κ1) is 17.0. The highest BCUT2D eigenvalue weighted by Crippen LogP contribution is 2.33. The van der Waals surface area contributed by atoms with Crippen molar-refractivity contribution in [2.45, 2.75) is 6.42 Å². The van der Waals surface area contributed by atoms with Crippen LogP contribution in [0.2, 0.25) is 5.02 Å². The molecule has 0 radical (unpaired) electrons. The summed E-state index contributed by atoms with van der Waals surface area (Å²) in [7, 11) is 0. The Kier molecular flexibility index (Phi) is 4.58. The van der Waals surface area contributed by atoms with Gasteiger partial charge in [-0.1, -0.05) is 35.9 Å². The van der Waals surface area contributed by atoms with Crippen LogP contribution in [0, 0.1) is 0 Å². The van der Waals surface area contributed by atoms with Crippen molar-refractivity contribution in [2.24, 2.45) is 0 Å². The molecule has 26 heavy (non-hydrogen) atoms. The van der Waals surface area contributed by atoms with Crippen LogP contribution in [0.25, 0.3) is 20.7 Å². The number of carbonyl (C=O) groups excluding carboxylic acids is 1. The number of benzene rings is 1. The number of nitrogens with zero attached hydrogens (tertiary/aromatic N) is 2. The first-order valence-electron chi connectivity index (χ1n) is 7.69. The van der Waals surface area contributed by atoms with Gasteiger partial charge in [0, 0.05) is 20.8 Å². The normalized spacial score (nSPS) is 11.0. The first-order valence-corrected chi connectivity index (χ1v) is 9.83. The fourth-order valence-corrected chi connectivity index (χ4v) is 4.54. The number of rotatable bonds is 4. The fourth-order valence-electron chi connectivity index (χ4n) is 2.61. The van der Waals surface area contributed by atoms with Crippen molar-refractivity contribution < 1.29 is 4.79 Å². The second-order valence-electron chi connectivity index (χ2n) is 5.53. The lowest BCUT2D eigenvalue weighted by atomic mass is 10.1. The van der Waals surface area contributed by atoms with E-state index in [1.807, 2.05) is 29.0 Å². The molecule has 0 aliphatic carbocycles. The number of fused-ring (bicyclic) bond motifs is 1. The SMILES string of the molecule is O=C(Cc1ccccc1Cl)Nn1cnc2scc(-c3cccs3)c2c1=O. The molecule has 3 heterocycles. The van der Waals surface area contributed by atoms with Crippen molar-refractivity contribution in [3.05, 3.63) is 74.4 Å². The lowest BCUT2D eigenvalue weighted by Gasteiger charge is -2.09. The van der Waals surface area contributed by atoms with Gasteiger partial charge in [-0.3, -0.25) is 15.0 Å². The molecular weight excluding hydrogens is 390 g/mol. The van der Waals surface area contributed by atoms with E-state index in [0.29, 0.717) is 20.8 Å². The second-order valence-corrected chi connectivity index (χ2v) is 7.74. The number of halogens is 1. The van der Waals surface area contributed by atoms with Gasteiger partial charge in [-0.2, -0.15) is 0 Å². The molecule has 1 N–H and O–H groups in total. The quantitative estimate of drug-likeness (QED) is 0.558. The van der Waals surface area contributed by atoms with E-state index in [2.05, 4.69) is 10.4 Å². The minimum atomic E-state index is -0.339. The van der Waals surface area contributed by atoms with E-state index in [4.69, 9.17) is 11.6 Å². The zero-order valence-corrected chi connectivity index (χ0v) is 15.7. The number of carbonyl (C=O) groups is 1. The molecule has 5 nitrogen and oxygen atoms in total. The number of hydrogen-bond donors (Lipinski definition) is 1. The van der Waals surface area contributed by atoms with Crippen LogP contribution in [0.1, 0.15) is 5.56 Å². The van der Waals surface area contributed by atoms with E-state index >= 15 is 0 Å². The maximum Gasteiger partial charge on any atom is 0.281 e. The van der Waals surface area contributed by atoms with Crippen molar-refractivity contribution in [3.8, 4) is 10.4 Å². The summed E-state index contributed by atoms with van der Waals surface area (Å²) < 4.78 is 1.13. The van der Waals surface area contributed by atoms with Gasteiger partial charge < -0.3 is 0 Å². The third-order valence-corrected chi connectivity index (χ3v) is 5.99. The van der Waals surface area contributed by atoms with E-state index in [1.165, 1.54) is 17.7 Å². The molecule has 3 aromatic heterocycles. The summed E-state index contributed by atoms with van der Waals surface area (Å²) in [4.78, 5) is 31.1. The molecular formula is C18H12ClN3O2S2. The molecule has 0 saturated heterocycles. The summed E-state index contributed by atoms with van der Waals surface area (Å²) in [6.45, 7) is 0. The maximum absolute atomic E-state index is 12.9. The molecule has 4 aromatic rings. The molecule has 0 aliphatic rings. The first-order chi connectivity index (χ1) is 12.6. The van der Waals surface area contributed by atoms with E-state index in [0.717, 1.165) is 15.1 Å². The monoisotopic (exact) mass is 401 g/mol. The van der Waals surface area contributed by atoms with Gasteiger partial charge in [0.05, 0.1) is 11.8 Å². The van der Waals surface area contributed by atoms with Gasteiger partial charge in [0.1, 0.15) is 11.2 Å². The zero-order valence-electron chi connectivity index (χ0n) is 13.3. The number of hydrogen-bond acceptors (Lipinski definition) is 5. The van der Waals surface area contributed by atoms with E-state index in [-0.39, 0.29) is 17.9 Å². The van der Waals surface area contributed by atoms with E-state index in [9.17, 15) is 9.59 Å². The molecule has 8 heteroatoms. The summed E-state index contributed by atoms with van der Waals surface area (Å²) in [6.07, 6.45) is 1.41. The standard InChI is InChI=1S/C18H12ClN3O2S2/c19-13-5-2-1-4-11(13)8-15(23)21-22-10-20-17-16(18(22)24)12(9-26-17)14-6-3-7-25-14/h1-7,9-10H,8H2,(H,21,23). The van der Waals surface area contributed by atoms with Gasteiger partial charge in [-0.05, 0) is 23.1 Å². The predicted octanol–water partition coefficient (Wildman–Crippen LogP) is 4.15. The van der Waals surface area contributed by atoms with Gasteiger partial charge in [0.25, 0.3) is 5.56 Å². The third-order valence-electron chi connectivity index (χ3n) is 3.84. The molecule has 4 rings (SSSR count). The summed E-state index contributed by atoms with van der Waals surface area (Å²) in [5.74, 6) is -0.339. The number of amides is 1. The zero-order chi connectivity index (χ0) is 18.1. The van der Waals surface area contributed by atoms with Gasteiger partial charge in [-0.25, -0.2) is 9.66 Å². The van der Waals surface area contributed by atoms with Crippen LogP contribution in [0.3, 0.4) is 0 Å². The van der Waals surface area contributed by atoms with Crippen LogP contribution in [0.15, 0.2) is 58.3 Å². The Balaban J connectivity index is 1.66. The van der Waals surface area contributed by atoms with Crippen LogP contribution in [0.5, 0.6) is 0 Å². The van der Waals surface area contributed by atoms with Gasteiger partial charge >= 0.3 is 0 Å². The van der Waals surface area contributed by atoms with Gasteiger partial charge in [0.15, 0.2) is 0 Å². The maximum atomic E-state index is 12.9. The molecule has 0 aliphatic heterocycles. The Morgan fingerprint density at radius 3 is 2.81 bits per heavy atom. The number of thiophene rings is 2. The second kappa shape index (κ2) is 7.03. The molecule has 0 unspecified atom stereocenters. The van der Waals surface area contributed by atoms with Gasteiger partial charge in [-0.15, -0.1) is 22.7 Å². The van der Waals surface area contributed by atoms with Crippen LogP contribution in [0.4, 0.5) is 0 Å². The Morgan fingerprint density at radius 2 is 2.04 bits per heavy atom. The molecule has 0 spiro atoms. The molecule has 0 fully saturated rings. The Bertz CT molecular complexity index is 1150. The average molecular weight is 402 g/mol. The summed E-state index contributed by atoms with van der Waals surface area (Å²) in [6, 6.07) is 11.0. The van der Waals surface area contributed by atoms with E-state index in [1.54, 1.807) is 29.5 Å². The average Bonchev–Trinajstić information content (AvgIpc) is 3.29. The molecule has 1 aromatic carbocycles. The summed E-state index contributed by atoms with van der Waals surface area (Å²) >= 11 is 9.05. The Morgan fingerprint density at radius 1 is 1.19 bits per heavy atom. The van der Waals surface area contributed by atoms with Crippen LogP contribution in [-0.2, 0) is 11.2 Å². The van der Waals surface area contributed by atoms with Crippen molar-refractivity contribution in [1.29, 1.82) is 0 Å². The molecule has 0 bridgehead atoms. The smallest absolute Gasteiger partial charge is 0.273 e. The minimum absolute atomic E-state index is 0.0750. The highest BCUT2D eigenvalue weighted by atomic mass is 35.5. The van der Waals surface area contributed by atoms with Crippen LogP contribution < -0.4 is 11.0 Å². The molecule has 130 valence electrons. The number of aromatic nitrogens is 2. The fraction of sp³-hybridized carbons (Fsp3) is 0.0556. The van der Waals surface area contributed by atoms with Crippen molar-refractivity contribution >= 4 is 50.4 Å². The Labute approximate surface area is 161 Å². The highest BCUT2D eigenvalue weighted by molar-refractivity contribution is 7.18. The summed E-state index contributed by atoms with van der Waals surface area (Å²) in [5, 5.41) is 4.90. The van der Waals surface area contributed by atoms with Crippen molar-refractivity contribution in [3.63, 3.8) is 0 Å². The third kappa shape index (κ3) is 3.16. The molecule has 0 atom stereocenters. The highest BCUT2D eigenvalue weighted by Gasteiger charge is 2.15. The van der Waals surface area contributed by atoms with E-state index < -0.39 is 0 Å². The Hall–Kier alpha value is -2.48. The lowest BCUT2D eigenvalue weighted by molar-refractivity contribution is -0.116. The largest absolute Gasteiger partial charge is 0.281 e. The van der Waals surface area contributed by atoms with Crippen LogP contribution in [-0.4, -0.2) is 15.6 Å². The van der Waals surface area contributed by atoms with Crippen molar-refractivity contribution in [2.75, 3.05) is 5.43 Å². The number of nitrogens with one attached hydrogen (secondary N) is 1. The van der Waals surface area contributed by atoms with Crippen molar-refractivity contribution in [1.82, 2.24) is 9.66 Å². The van der Waals surface area contributed by atoms with Gasteiger partial charge in [0.2, 0.25) is 5.91 Å². The van der Waals surface area contributed by atoms with Crippen LogP contribution >= 0.6 is 34.3 Å². The summed E-state index contributed by atoms with van der Waals surface area (Å²) in [5.41, 5.74) is 3.83. The predicted molar refractivity (Wildman–Crippen MR) is 107 cm³/mol. The topological polar surface area (TPSA) is 64.0 Å². The molecule has 0 saturated carbocycles. The lowest BCUT2D eigenvalue weighted by Crippen LogP contribution is -2.34. The molecule has 1 amide bonds. The minimum Gasteiger partial charge on any atom is -0.273 e.